The van der Waals surface area contributed by atoms with Crippen molar-refractivity contribution in [2.75, 3.05) is 0 Å². The number of hydrogen-bond donors (Lipinski definition) is 2. The number of aliphatic carboxylic acids is 1. The Hall–Kier alpha value is -0.910. The first-order valence-corrected chi connectivity index (χ1v) is 5.79. The standard InChI is InChI=1S/C10H7BrO3S/c11-6-1-2-7-5(3-6)4-8(15-7)9(12)10(13)14/h1-4,9,12H,(H,13,14). The number of aliphatic hydroxyl groups excluding tert-OH is 1. The quantitative estimate of drug-likeness (QED) is 0.893. The number of carbonyl (C=O) groups is 1. The second-order valence-corrected chi connectivity index (χ2v) is 5.10. The fourth-order valence-electron chi connectivity index (χ4n) is 1.29. The summed E-state index contributed by atoms with van der Waals surface area (Å²) in [5.41, 5.74) is 0. The van der Waals surface area contributed by atoms with Crippen LogP contribution in [0.3, 0.4) is 0 Å². The number of fused-ring (bicyclic) bond motifs is 1. The molecule has 1 atom stereocenters. The van der Waals surface area contributed by atoms with E-state index in [1.165, 1.54) is 11.3 Å². The van der Waals surface area contributed by atoms with Gasteiger partial charge in [0.05, 0.1) is 0 Å². The molecule has 2 rings (SSSR count). The van der Waals surface area contributed by atoms with Gasteiger partial charge in [0.2, 0.25) is 0 Å². The Morgan fingerprint density at radius 1 is 1.40 bits per heavy atom. The zero-order valence-electron chi connectivity index (χ0n) is 7.48. The number of carboxylic acid groups (broad SMARTS) is 1. The Morgan fingerprint density at radius 2 is 2.13 bits per heavy atom. The highest BCUT2D eigenvalue weighted by atomic mass is 79.9. The van der Waals surface area contributed by atoms with E-state index in [-0.39, 0.29) is 0 Å². The summed E-state index contributed by atoms with van der Waals surface area (Å²) in [5.74, 6) is -1.22. The zero-order valence-corrected chi connectivity index (χ0v) is 9.88. The van der Waals surface area contributed by atoms with Gasteiger partial charge in [0.15, 0.2) is 6.10 Å². The summed E-state index contributed by atoms with van der Waals surface area (Å²) >= 11 is 4.62. The van der Waals surface area contributed by atoms with Gasteiger partial charge in [-0.1, -0.05) is 15.9 Å². The van der Waals surface area contributed by atoms with Gasteiger partial charge in [0.1, 0.15) is 0 Å². The molecule has 1 unspecified atom stereocenters. The molecule has 0 aliphatic carbocycles. The zero-order chi connectivity index (χ0) is 11.0. The topological polar surface area (TPSA) is 57.5 Å². The van der Waals surface area contributed by atoms with Crippen LogP contribution in [0.2, 0.25) is 0 Å². The number of carboxylic acids is 1. The molecule has 0 aliphatic heterocycles. The Balaban J connectivity index is 2.51. The van der Waals surface area contributed by atoms with Gasteiger partial charge in [-0.25, -0.2) is 4.79 Å². The first kappa shape index (κ1) is 10.6. The Bertz CT molecular complexity index is 520. The summed E-state index contributed by atoms with van der Waals surface area (Å²) in [6, 6.07) is 7.37. The molecule has 0 spiro atoms. The minimum atomic E-state index is -1.43. The SMILES string of the molecule is O=C(O)C(O)c1cc2cc(Br)ccc2s1. The van der Waals surface area contributed by atoms with Gasteiger partial charge < -0.3 is 10.2 Å². The molecule has 78 valence electrons. The largest absolute Gasteiger partial charge is 0.479 e. The number of aliphatic hydroxyl groups is 1. The van der Waals surface area contributed by atoms with Gasteiger partial charge >= 0.3 is 5.97 Å². The van der Waals surface area contributed by atoms with Crippen molar-refractivity contribution >= 4 is 43.3 Å². The maximum absolute atomic E-state index is 10.6. The van der Waals surface area contributed by atoms with Crippen LogP contribution in [-0.4, -0.2) is 16.2 Å². The van der Waals surface area contributed by atoms with E-state index in [4.69, 9.17) is 5.11 Å². The van der Waals surface area contributed by atoms with E-state index < -0.39 is 12.1 Å². The maximum Gasteiger partial charge on any atom is 0.338 e. The van der Waals surface area contributed by atoms with Crippen LogP contribution in [0.4, 0.5) is 0 Å². The van der Waals surface area contributed by atoms with E-state index in [0.29, 0.717) is 4.88 Å². The lowest BCUT2D eigenvalue weighted by atomic mass is 10.2. The van der Waals surface area contributed by atoms with Crippen molar-refractivity contribution < 1.29 is 15.0 Å². The molecule has 0 saturated carbocycles. The van der Waals surface area contributed by atoms with Crippen molar-refractivity contribution in [2.24, 2.45) is 0 Å². The lowest BCUT2D eigenvalue weighted by Gasteiger charge is -1.99. The number of benzene rings is 1. The predicted molar refractivity (Wildman–Crippen MR) is 62.1 cm³/mol. The molecule has 0 saturated heterocycles. The highest BCUT2D eigenvalue weighted by Gasteiger charge is 2.18. The molecule has 5 heteroatoms. The summed E-state index contributed by atoms with van der Waals surface area (Å²) in [7, 11) is 0. The second-order valence-electron chi connectivity index (χ2n) is 3.07. The summed E-state index contributed by atoms with van der Waals surface area (Å²) < 4.78 is 1.90. The van der Waals surface area contributed by atoms with Crippen LogP contribution in [0.1, 0.15) is 11.0 Å². The minimum Gasteiger partial charge on any atom is -0.479 e. The summed E-state index contributed by atoms with van der Waals surface area (Å²) in [4.78, 5) is 11.0. The molecule has 15 heavy (non-hydrogen) atoms. The van der Waals surface area contributed by atoms with Gasteiger partial charge in [-0.3, -0.25) is 0 Å². The smallest absolute Gasteiger partial charge is 0.338 e. The molecule has 0 fully saturated rings. The highest BCUT2D eigenvalue weighted by Crippen LogP contribution is 2.31. The van der Waals surface area contributed by atoms with E-state index in [2.05, 4.69) is 15.9 Å². The molecule has 3 nitrogen and oxygen atoms in total. The maximum atomic E-state index is 10.6. The highest BCUT2D eigenvalue weighted by molar-refractivity contribution is 9.10. The number of thiophene rings is 1. The summed E-state index contributed by atoms with van der Waals surface area (Å²) in [5, 5.41) is 19.0. The molecule has 1 aromatic carbocycles. The van der Waals surface area contributed by atoms with Crippen LogP contribution in [-0.2, 0) is 4.79 Å². The summed E-state index contributed by atoms with van der Waals surface area (Å²) in [6.45, 7) is 0. The normalized spacial score (nSPS) is 12.9. The fourth-order valence-corrected chi connectivity index (χ4v) is 2.69. The first-order valence-electron chi connectivity index (χ1n) is 4.18. The Morgan fingerprint density at radius 3 is 2.80 bits per heavy atom. The monoisotopic (exact) mass is 286 g/mol. The van der Waals surface area contributed by atoms with E-state index >= 15 is 0 Å². The molecule has 1 aromatic heterocycles. The molecular formula is C10H7BrO3S. The van der Waals surface area contributed by atoms with Gasteiger partial charge in [-0.05, 0) is 29.7 Å². The third-order valence-corrected chi connectivity index (χ3v) is 3.66. The van der Waals surface area contributed by atoms with Crippen molar-refractivity contribution in [3.8, 4) is 0 Å². The molecule has 0 radical (unpaired) electrons. The lowest BCUT2D eigenvalue weighted by molar-refractivity contribution is -0.146. The van der Waals surface area contributed by atoms with Crippen LogP contribution >= 0.6 is 27.3 Å². The van der Waals surface area contributed by atoms with Gasteiger partial charge in [0.25, 0.3) is 0 Å². The Kier molecular flexibility index (Phi) is 2.77. The predicted octanol–water partition coefficient (Wildman–Crippen LogP) is 2.78. The van der Waals surface area contributed by atoms with Crippen molar-refractivity contribution in [2.45, 2.75) is 6.10 Å². The van der Waals surface area contributed by atoms with Crippen molar-refractivity contribution in [1.29, 1.82) is 0 Å². The van der Waals surface area contributed by atoms with Crippen LogP contribution in [0.5, 0.6) is 0 Å². The molecule has 0 amide bonds. The Labute approximate surface area is 98.1 Å². The van der Waals surface area contributed by atoms with E-state index in [0.717, 1.165) is 14.6 Å². The third kappa shape index (κ3) is 2.04. The lowest BCUT2D eigenvalue weighted by Crippen LogP contribution is -2.08. The van der Waals surface area contributed by atoms with Gasteiger partial charge in [-0.15, -0.1) is 11.3 Å². The number of hydrogen-bond acceptors (Lipinski definition) is 3. The fraction of sp³-hybridized carbons (Fsp3) is 0.100. The van der Waals surface area contributed by atoms with Crippen LogP contribution in [0.25, 0.3) is 10.1 Å². The summed E-state index contributed by atoms with van der Waals surface area (Å²) in [6.07, 6.45) is -1.43. The van der Waals surface area contributed by atoms with Crippen molar-refractivity contribution in [3.63, 3.8) is 0 Å². The molecular weight excluding hydrogens is 280 g/mol. The average molecular weight is 287 g/mol. The molecule has 2 aromatic rings. The average Bonchev–Trinajstić information content (AvgIpc) is 2.58. The van der Waals surface area contributed by atoms with Gasteiger partial charge in [0, 0.05) is 14.0 Å². The number of rotatable bonds is 2. The van der Waals surface area contributed by atoms with Crippen LogP contribution in [0, 0.1) is 0 Å². The van der Waals surface area contributed by atoms with Crippen LogP contribution in [0.15, 0.2) is 28.7 Å². The van der Waals surface area contributed by atoms with Crippen molar-refractivity contribution in [1.82, 2.24) is 0 Å². The van der Waals surface area contributed by atoms with Crippen molar-refractivity contribution in [3.05, 3.63) is 33.6 Å². The van der Waals surface area contributed by atoms with E-state index in [1.807, 2.05) is 18.2 Å². The first-order chi connectivity index (χ1) is 7.08. The minimum absolute atomic E-state index is 0.454. The van der Waals surface area contributed by atoms with E-state index in [1.54, 1.807) is 6.07 Å². The third-order valence-electron chi connectivity index (χ3n) is 2.00. The molecule has 0 bridgehead atoms. The molecule has 1 heterocycles. The second kappa shape index (κ2) is 3.92. The molecule has 0 aliphatic rings. The van der Waals surface area contributed by atoms with E-state index in [9.17, 15) is 9.90 Å². The van der Waals surface area contributed by atoms with Crippen LogP contribution < -0.4 is 0 Å². The number of halogens is 1. The van der Waals surface area contributed by atoms with Gasteiger partial charge in [-0.2, -0.15) is 0 Å². The molecule has 2 N–H and O–H groups in total.